The van der Waals surface area contributed by atoms with Gasteiger partial charge in [0.25, 0.3) is 0 Å². The zero-order valence-corrected chi connectivity index (χ0v) is 28.0. The fourth-order valence-electron chi connectivity index (χ4n) is 4.79. The number of carbonyl (C=O) groups is 1. The number of rotatable bonds is 10. The SMILES string of the molecule is CN(c1cnc2ccc(N(COCC[Si](C)(C)C)c3nnc(C4CCCC4)s3)nc2c1)c1cnn(C(=O)OC(C)(C)C)c1. The van der Waals surface area contributed by atoms with E-state index in [2.05, 4.69) is 39.9 Å². The first kappa shape index (κ1) is 31.0. The van der Waals surface area contributed by atoms with Crippen molar-refractivity contribution in [1.29, 1.82) is 0 Å². The second-order valence-corrected chi connectivity index (χ2v) is 19.9. The van der Waals surface area contributed by atoms with Crippen LogP contribution in [0.25, 0.3) is 11.0 Å². The number of aromatic nitrogens is 6. The van der Waals surface area contributed by atoms with Gasteiger partial charge in [-0.2, -0.15) is 9.78 Å². The summed E-state index contributed by atoms with van der Waals surface area (Å²) in [6.07, 6.45) is 9.36. The van der Waals surface area contributed by atoms with Gasteiger partial charge in [0.05, 0.1) is 41.0 Å². The van der Waals surface area contributed by atoms with Crippen LogP contribution in [0, 0.1) is 0 Å². The average Bonchev–Trinajstić information content (AvgIpc) is 3.72. The minimum Gasteiger partial charge on any atom is -0.442 e. The predicted molar refractivity (Wildman–Crippen MR) is 174 cm³/mol. The summed E-state index contributed by atoms with van der Waals surface area (Å²) >= 11 is 1.64. The third-order valence-corrected chi connectivity index (χ3v) is 10.1. The van der Waals surface area contributed by atoms with Gasteiger partial charge >= 0.3 is 6.09 Å². The Morgan fingerprint density at radius 1 is 1.09 bits per heavy atom. The largest absolute Gasteiger partial charge is 0.442 e. The monoisotopic (exact) mass is 622 g/mol. The van der Waals surface area contributed by atoms with Gasteiger partial charge in [-0.05, 0) is 57.9 Å². The van der Waals surface area contributed by atoms with Gasteiger partial charge in [0, 0.05) is 27.6 Å². The molecule has 0 atom stereocenters. The molecule has 1 aliphatic carbocycles. The van der Waals surface area contributed by atoms with Crippen molar-refractivity contribution in [3.63, 3.8) is 0 Å². The van der Waals surface area contributed by atoms with E-state index < -0.39 is 19.8 Å². The van der Waals surface area contributed by atoms with E-state index in [0.29, 0.717) is 24.9 Å². The molecule has 5 rings (SSSR count). The smallest absolute Gasteiger partial charge is 0.435 e. The summed E-state index contributed by atoms with van der Waals surface area (Å²) in [6.45, 7) is 13.6. The Morgan fingerprint density at radius 2 is 1.86 bits per heavy atom. The maximum atomic E-state index is 12.5. The van der Waals surface area contributed by atoms with Crippen LogP contribution in [-0.2, 0) is 9.47 Å². The molecule has 4 heterocycles. The lowest BCUT2D eigenvalue weighted by Crippen LogP contribution is -2.27. The maximum Gasteiger partial charge on any atom is 0.435 e. The van der Waals surface area contributed by atoms with Crippen LogP contribution in [0.15, 0.2) is 36.8 Å². The molecule has 0 amide bonds. The van der Waals surface area contributed by atoms with Crippen molar-refractivity contribution >= 4 is 58.9 Å². The number of hydrogen-bond acceptors (Lipinski definition) is 11. The minimum absolute atomic E-state index is 0.346. The zero-order valence-electron chi connectivity index (χ0n) is 26.2. The fraction of sp³-hybridized carbons (Fsp3) is 0.533. The fourth-order valence-corrected chi connectivity index (χ4v) is 6.56. The standard InChI is InChI=1S/C30H42N8O3SSi/c1-30(2,3)41-29(39)38-19-23(18-32-38)36(4)22-16-25-24(31-17-22)12-13-26(33-25)37(20-40-14-15-43(5,6)7)28-35-34-27(42-28)21-10-8-9-11-21/h12-13,16-19,21H,8-11,14-15,20H2,1-7H3. The van der Waals surface area contributed by atoms with Crippen LogP contribution in [0.3, 0.4) is 0 Å². The van der Waals surface area contributed by atoms with E-state index in [1.54, 1.807) is 29.9 Å². The summed E-state index contributed by atoms with van der Waals surface area (Å²) in [5.74, 6) is 1.22. The molecule has 230 valence electrons. The van der Waals surface area contributed by atoms with Crippen LogP contribution >= 0.6 is 11.3 Å². The molecule has 13 heteroatoms. The minimum atomic E-state index is -1.23. The molecular formula is C30H42N8O3SSi. The molecule has 4 aromatic rings. The van der Waals surface area contributed by atoms with Crippen molar-refractivity contribution < 1.29 is 14.3 Å². The quantitative estimate of drug-likeness (QED) is 0.101. The molecule has 0 aromatic carbocycles. The highest BCUT2D eigenvalue weighted by atomic mass is 32.1. The normalized spacial score (nSPS) is 14.4. The third-order valence-electron chi connectivity index (χ3n) is 7.29. The van der Waals surface area contributed by atoms with Gasteiger partial charge in [-0.1, -0.05) is 43.8 Å². The van der Waals surface area contributed by atoms with Crippen molar-refractivity contribution in [3.8, 4) is 0 Å². The highest BCUT2D eigenvalue weighted by Gasteiger charge is 2.25. The summed E-state index contributed by atoms with van der Waals surface area (Å²) in [6, 6.07) is 6.99. The highest BCUT2D eigenvalue weighted by molar-refractivity contribution is 7.15. The molecule has 0 spiro atoms. The Hall–Kier alpha value is -3.42. The number of hydrogen-bond donors (Lipinski definition) is 0. The van der Waals surface area contributed by atoms with Gasteiger partial charge in [0.1, 0.15) is 23.2 Å². The third kappa shape index (κ3) is 7.95. The zero-order chi connectivity index (χ0) is 30.8. The first-order valence-electron chi connectivity index (χ1n) is 14.8. The Balaban J connectivity index is 1.40. The Morgan fingerprint density at radius 3 is 2.58 bits per heavy atom. The van der Waals surface area contributed by atoms with Gasteiger partial charge in [0.2, 0.25) is 5.13 Å². The van der Waals surface area contributed by atoms with Crippen LogP contribution in [0.1, 0.15) is 57.4 Å². The van der Waals surface area contributed by atoms with E-state index >= 15 is 0 Å². The molecule has 11 nitrogen and oxygen atoms in total. The Bertz CT molecular complexity index is 1550. The predicted octanol–water partition coefficient (Wildman–Crippen LogP) is 7.34. The van der Waals surface area contributed by atoms with Crippen LogP contribution in [0.5, 0.6) is 0 Å². The lowest BCUT2D eigenvalue weighted by Gasteiger charge is -2.22. The Labute approximate surface area is 258 Å². The Kier molecular flexibility index (Phi) is 9.14. The van der Waals surface area contributed by atoms with Gasteiger partial charge < -0.3 is 14.4 Å². The van der Waals surface area contributed by atoms with Crippen LogP contribution in [0.4, 0.5) is 27.1 Å². The maximum absolute atomic E-state index is 12.5. The molecule has 0 unspecified atom stereocenters. The summed E-state index contributed by atoms with van der Waals surface area (Å²) in [5.41, 5.74) is 2.41. The topological polar surface area (TPSA) is 111 Å². The number of anilines is 4. The second-order valence-electron chi connectivity index (χ2n) is 13.3. The molecule has 0 saturated heterocycles. The van der Waals surface area contributed by atoms with E-state index in [4.69, 9.17) is 14.5 Å². The molecule has 1 aliphatic rings. The van der Waals surface area contributed by atoms with Gasteiger partial charge in [-0.15, -0.1) is 10.2 Å². The first-order valence-corrected chi connectivity index (χ1v) is 19.4. The summed E-state index contributed by atoms with van der Waals surface area (Å²) in [5, 5.41) is 15.2. The molecule has 1 saturated carbocycles. The van der Waals surface area contributed by atoms with Crippen LogP contribution in [0.2, 0.25) is 25.7 Å². The van der Waals surface area contributed by atoms with Crippen molar-refractivity contribution in [1.82, 2.24) is 29.9 Å². The van der Waals surface area contributed by atoms with E-state index in [0.717, 1.165) is 38.7 Å². The number of ether oxygens (including phenoxy) is 2. The van der Waals surface area contributed by atoms with Crippen LogP contribution < -0.4 is 9.80 Å². The molecule has 4 aromatic heterocycles. The highest BCUT2D eigenvalue weighted by Crippen LogP contribution is 2.38. The van der Waals surface area contributed by atoms with Gasteiger partial charge in [-0.25, -0.2) is 9.78 Å². The molecule has 0 radical (unpaired) electrons. The summed E-state index contributed by atoms with van der Waals surface area (Å²) in [4.78, 5) is 26.0. The summed E-state index contributed by atoms with van der Waals surface area (Å²) in [7, 11) is 0.669. The first-order chi connectivity index (χ1) is 20.4. The lowest BCUT2D eigenvalue weighted by molar-refractivity contribution is 0.0514. The van der Waals surface area contributed by atoms with E-state index in [1.807, 2.05) is 55.8 Å². The van der Waals surface area contributed by atoms with Crippen molar-refractivity contribution in [2.75, 3.05) is 30.2 Å². The molecule has 0 aliphatic heterocycles. The molecule has 1 fully saturated rings. The lowest BCUT2D eigenvalue weighted by atomic mass is 10.1. The second kappa shape index (κ2) is 12.7. The van der Waals surface area contributed by atoms with Crippen molar-refractivity contribution in [2.24, 2.45) is 0 Å². The number of nitrogens with zero attached hydrogens (tertiary/aromatic N) is 8. The van der Waals surface area contributed by atoms with Crippen molar-refractivity contribution in [2.45, 2.75) is 83.7 Å². The van der Waals surface area contributed by atoms with Crippen molar-refractivity contribution in [3.05, 3.63) is 41.8 Å². The van der Waals surface area contributed by atoms with E-state index in [1.165, 1.54) is 30.4 Å². The average molecular weight is 623 g/mol. The number of fused-ring (bicyclic) bond motifs is 1. The van der Waals surface area contributed by atoms with E-state index in [-0.39, 0.29) is 0 Å². The number of pyridine rings is 2. The molecule has 0 N–H and O–H groups in total. The van der Waals surface area contributed by atoms with Crippen LogP contribution in [-0.4, -0.2) is 70.1 Å². The summed E-state index contributed by atoms with van der Waals surface area (Å²) < 4.78 is 12.8. The van der Waals surface area contributed by atoms with Gasteiger partial charge in [0.15, 0.2) is 0 Å². The van der Waals surface area contributed by atoms with Gasteiger partial charge in [-0.3, -0.25) is 9.88 Å². The molecular weight excluding hydrogens is 581 g/mol. The molecule has 0 bridgehead atoms. The number of carbonyl (C=O) groups excluding carboxylic acids is 1. The molecule has 43 heavy (non-hydrogen) atoms. The van der Waals surface area contributed by atoms with E-state index in [9.17, 15) is 4.79 Å².